The quantitative estimate of drug-likeness (QED) is 0.292. The molecular formula is C27H23Cl2N3O3S. The number of nitriles is 1. The first-order chi connectivity index (χ1) is 17.4. The number of ether oxygens (including phenoxy) is 1. The molecule has 4 aromatic rings. The molecule has 184 valence electrons. The van der Waals surface area contributed by atoms with Crippen molar-refractivity contribution in [3.63, 3.8) is 0 Å². The first-order valence-corrected chi connectivity index (χ1v) is 13.5. The molecule has 2 aliphatic rings. The zero-order valence-corrected chi connectivity index (χ0v) is 21.8. The highest BCUT2D eigenvalue weighted by atomic mass is 35.5. The number of hydrogen-bond acceptors (Lipinski definition) is 7. The van der Waals surface area contributed by atoms with Crippen LogP contribution in [-0.2, 0) is 16.9 Å². The van der Waals surface area contributed by atoms with Gasteiger partial charge in [0.05, 0.1) is 44.6 Å². The molecule has 36 heavy (non-hydrogen) atoms. The molecule has 2 heterocycles. The third kappa shape index (κ3) is 3.84. The van der Waals surface area contributed by atoms with Crippen LogP contribution in [0.15, 0.2) is 40.9 Å². The van der Waals surface area contributed by atoms with Crippen molar-refractivity contribution in [2.45, 2.75) is 50.9 Å². The number of fused-ring (bicyclic) bond motifs is 3. The van der Waals surface area contributed by atoms with Gasteiger partial charge in [-0.05, 0) is 74.8 Å². The zero-order chi connectivity index (χ0) is 25.0. The molecule has 2 aliphatic carbocycles. The molecule has 0 aliphatic heterocycles. The number of aromatic nitrogens is 2. The van der Waals surface area contributed by atoms with Crippen molar-refractivity contribution >= 4 is 44.8 Å². The van der Waals surface area contributed by atoms with Gasteiger partial charge in [-0.2, -0.15) is 5.26 Å². The van der Waals surface area contributed by atoms with Gasteiger partial charge in [0.1, 0.15) is 22.1 Å². The average Bonchev–Trinajstić information content (AvgIpc) is 3.49. The predicted molar refractivity (Wildman–Crippen MR) is 139 cm³/mol. The van der Waals surface area contributed by atoms with E-state index in [1.807, 2.05) is 19.1 Å². The van der Waals surface area contributed by atoms with Crippen LogP contribution in [0.25, 0.3) is 21.5 Å². The lowest BCUT2D eigenvalue weighted by atomic mass is 9.73. The van der Waals surface area contributed by atoms with Crippen molar-refractivity contribution in [1.29, 1.82) is 5.26 Å². The van der Waals surface area contributed by atoms with Crippen molar-refractivity contribution in [2.24, 2.45) is 11.8 Å². The molecule has 2 bridgehead atoms. The molecule has 2 saturated carbocycles. The molecule has 2 fully saturated rings. The Hall–Kier alpha value is -2.47. The highest BCUT2D eigenvalue weighted by molar-refractivity contribution is 7.18. The Labute approximate surface area is 222 Å². The van der Waals surface area contributed by atoms with E-state index in [4.69, 9.17) is 37.4 Å². The fraction of sp³-hybridized carbons (Fsp3) is 0.370. The summed E-state index contributed by atoms with van der Waals surface area (Å²) >= 11 is 14.3. The largest absolute Gasteiger partial charge is 0.382 e. The first kappa shape index (κ1) is 23.9. The summed E-state index contributed by atoms with van der Waals surface area (Å²) < 4.78 is 12.8. The van der Waals surface area contributed by atoms with Crippen LogP contribution < -0.4 is 0 Å². The molecule has 2 aromatic carbocycles. The van der Waals surface area contributed by atoms with Gasteiger partial charge in [0.15, 0.2) is 0 Å². The number of aryl methyl sites for hydroxylation is 1. The number of aliphatic hydroxyl groups is 1. The van der Waals surface area contributed by atoms with Gasteiger partial charge >= 0.3 is 0 Å². The first-order valence-electron chi connectivity index (χ1n) is 11.9. The van der Waals surface area contributed by atoms with Crippen LogP contribution in [0.1, 0.15) is 47.6 Å². The van der Waals surface area contributed by atoms with Crippen LogP contribution in [0.3, 0.4) is 0 Å². The van der Waals surface area contributed by atoms with Gasteiger partial charge in [0.2, 0.25) is 0 Å². The van der Waals surface area contributed by atoms with E-state index >= 15 is 0 Å². The lowest BCUT2D eigenvalue weighted by Gasteiger charge is -2.41. The maximum absolute atomic E-state index is 11.9. The molecule has 6 rings (SSSR count). The second kappa shape index (κ2) is 9.13. The third-order valence-electron chi connectivity index (χ3n) is 7.71. The number of hydrogen-bond donors (Lipinski definition) is 1. The number of thiazole rings is 1. The van der Waals surface area contributed by atoms with Gasteiger partial charge in [0.25, 0.3) is 0 Å². The Morgan fingerprint density at radius 1 is 1.19 bits per heavy atom. The molecule has 1 N–H and O–H groups in total. The van der Waals surface area contributed by atoms with Crippen molar-refractivity contribution in [3.8, 4) is 17.3 Å². The second-order valence-electron chi connectivity index (χ2n) is 9.68. The van der Waals surface area contributed by atoms with Crippen LogP contribution in [0.4, 0.5) is 0 Å². The summed E-state index contributed by atoms with van der Waals surface area (Å²) in [5, 5.41) is 27.1. The highest BCUT2D eigenvalue weighted by Gasteiger charge is 2.56. The normalized spacial score (nSPS) is 25.4. The summed E-state index contributed by atoms with van der Waals surface area (Å²) in [4.78, 5) is 4.78. The summed E-state index contributed by atoms with van der Waals surface area (Å²) in [6, 6.07) is 13.0. The average molecular weight is 540 g/mol. The molecule has 2 aromatic heterocycles. The molecule has 9 heteroatoms. The molecule has 0 spiro atoms. The van der Waals surface area contributed by atoms with E-state index in [2.05, 4.69) is 11.2 Å². The van der Waals surface area contributed by atoms with E-state index in [1.54, 1.807) is 24.3 Å². The zero-order valence-electron chi connectivity index (χ0n) is 19.5. The van der Waals surface area contributed by atoms with E-state index in [0.717, 1.165) is 46.5 Å². The number of rotatable bonds is 5. The Bertz CT molecular complexity index is 1470. The lowest BCUT2D eigenvalue weighted by Crippen LogP contribution is -2.44. The van der Waals surface area contributed by atoms with Crippen LogP contribution in [0.2, 0.25) is 10.0 Å². The van der Waals surface area contributed by atoms with E-state index in [9.17, 15) is 10.4 Å². The smallest absolute Gasteiger partial charge is 0.139 e. The molecule has 2 unspecified atom stereocenters. The molecule has 0 saturated heterocycles. The minimum absolute atomic E-state index is 0.00575. The lowest BCUT2D eigenvalue weighted by molar-refractivity contribution is -0.116. The minimum atomic E-state index is -0.959. The minimum Gasteiger partial charge on any atom is -0.382 e. The number of benzene rings is 2. The monoisotopic (exact) mass is 539 g/mol. The van der Waals surface area contributed by atoms with Gasteiger partial charge in [-0.15, -0.1) is 11.3 Å². The van der Waals surface area contributed by atoms with Crippen LogP contribution in [-0.4, -0.2) is 21.4 Å². The Balaban J connectivity index is 1.21. The number of halogens is 2. The van der Waals surface area contributed by atoms with Gasteiger partial charge in [-0.1, -0.05) is 34.4 Å². The van der Waals surface area contributed by atoms with Gasteiger partial charge in [0, 0.05) is 11.1 Å². The van der Waals surface area contributed by atoms with E-state index in [-0.39, 0.29) is 17.9 Å². The Kier molecular flexibility index (Phi) is 6.06. The van der Waals surface area contributed by atoms with Crippen LogP contribution in [0.5, 0.6) is 0 Å². The maximum atomic E-state index is 11.9. The third-order valence-corrected chi connectivity index (χ3v) is 9.50. The molecular weight excluding hydrogens is 517 g/mol. The second-order valence-corrected chi connectivity index (χ2v) is 11.5. The maximum Gasteiger partial charge on any atom is 0.139 e. The van der Waals surface area contributed by atoms with Crippen molar-refractivity contribution in [2.75, 3.05) is 0 Å². The molecule has 6 nitrogen and oxygen atoms in total. The number of nitrogens with zero attached hydrogens (tertiary/aromatic N) is 3. The van der Waals surface area contributed by atoms with Crippen LogP contribution in [0, 0.1) is 30.1 Å². The van der Waals surface area contributed by atoms with Crippen LogP contribution >= 0.6 is 34.5 Å². The molecule has 0 amide bonds. The predicted octanol–water partition coefficient (Wildman–Crippen LogP) is 7.03. The Morgan fingerprint density at radius 3 is 2.61 bits per heavy atom. The van der Waals surface area contributed by atoms with Gasteiger partial charge in [-0.3, -0.25) is 0 Å². The highest BCUT2D eigenvalue weighted by Crippen LogP contribution is 2.56. The van der Waals surface area contributed by atoms with E-state index in [1.165, 1.54) is 11.3 Å². The summed E-state index contributed by atoms with van der Waals surface area (Å²) in [5.74, 6) is 0.805. The van der Waals surface area contributed by atoms with Gasteiger partial charge < -0.3 is 14.4 Å². The fourth-order valence-corrected chi connectivity index (χ4v) is 7.67. The summed E-state index contributed by atoms with van der Waals surface area (Å²) in [7, 11) is 0. The van der Waals surface area contributed by atoms with Gasteiger partial charge in [-0.25, -0.2) is 4.98 Å². The van der Waals surface area contributed by atoms with Crippen molar-refractivity contribution < 1.29 is 14.4 Å². The fourth-order valence-electron chi connectivity index (χ4n) is 5.84. The van der Waals surface area contributed by atoms with E-state index < -0.39 is 5.60 Å². The van der Waals surface area contributed by atoms with E-state index in [0.29, 0.717) is 39.2 Å². The summed E-state index contributed by atoms with van der Waals surface area (Å²) in [5.41, 5.74) is 2.55. The summed E-state index contributed by atoms with van der Waals surface area (Å²) in [6.45, 7) is 2.18. The summed E-state index contributed by atoms with van der Waals surface area (Å²) in [6.07, 6.45) is 3.38. The topological polar surface area (TPSA) is 92.2 Å². The Morgan fingerprint density at radius 2 is 1.92 bits per heavy atom. The standard InChI is InChI=1S/C27H23Cl2N3O3S/c1-14-19(25(32-35-14)24-20(28)3-2-4-21(24)29)13-34-18-10-16-6-7-17(11-18)27(16,33)26-31-22-8-5-15(12-30)9-23(22)36-26/h2-5,8-9,16-18,33H,6-7,10-11,13H2,1H3. The van der Waals surface area contributed by atoms with Crippen molar-refractivity contribution in [3.05, 3.63) is 68.3 Å². The molecule has 2 atom stereocenters. The SMILES string of the molecule is Cc1onc(-c2c(Cl)cccc2Cl)c1COC1CC2CCC(C1)C2(O)c1nc2ccc(C#N)cc2s1. The van der Waals surface area contributed by atoms with Crippen molar-refractivity contribution in [1.82, 2.24) is 10.1 Å². The molecule has 0 radical (unpaired) electrons.